The van der Waals surface area contributed by atoms with Crippen molar-refractivity contribution in [2.75, 3.05) is 0 Å². The van der Waals surface area contributed by atoms with Crippen LogP contribution in [0, 0.1) is 0 Å². The molecule has 0 saturated carbocycles. The molecule has 0 aromatic heterocycles. The average Bonchev–Trinajstić information content (AvgIpc) is 1.84. The molecule has 0 atom stereocenters. The van der Waals surface area contributed by atoms with Gasteiger partial charge in [-0.25, -0.2) is 9.59 Å². The van der Waals surface area contributed by atoms with Crippen molar-refractivity contribution in [2.45, 2.75) is 6.92 Å². The Morgan fingerprint density at radius 2 is 1.92 bits per heavy atom. The SMILES string of the molecule is C/C(=C/C(=O)O)C(=O)OB(O)O. The zero-order valence-corrected chi connectivity index (χ0v) is 6.22. The molecule has 0 spiro atoms. The minimum absolute atomic E-state index is 0.226. The summed E-state index contributed by atoms with van der Waals surface area (Å²) in [6, 6.07) is 0. The fourth-order valence-electron chi connectivity index (χ4n) is 0.433. The van der Waals surface area contributed by atoms with E-state index in [2.05, 4.69) is 4.65 Å². The number of carbonyl (C=O) groups is 2. The van der Waals surface area contributed by atoms with Crippen molar-refractivity contribution in [3.8, 4) is 0 Å². The van der Waals surface area contributed by atoms with Gasteiger partial charge in [0, 0.05) is 11.6 Å². The zero-order valence-electron chi connectivity index (χ0n) is 6.22. The summed E-state index contributed by atoms with van der Waals surface area (Å²) < 4.78 is 3.85. The molecule has 66 valence electrons. The molecule has 0 amide bonds. The molecule has 3 N–H and O–H groups in total. The van der Waals surface area contributed by atoms with Gasteiger partial charge in [-0.2, -0.15) is 0 Å². The van der Waals surface area contributed by atoms with Gasteiger partial charge in [0.2, 0.25) is 0 Å². The molecule has 0 heterocycles. The summed E-state index contributed by atoms with van der Waals surface area (Å²) in [5.41, 5.74) is -0.226. The topological polar surface area (TPSA) is 104 Å². The number of carboxylic acid groups (broad SMARTS) is 1. The Bertz CT molecular complexity index is 220. The number of rotatable bonds is 3. The monoisotopic (exact) mass is 174 g/mol. The fraction of sp³-hybridized carbons (Fsp3) is 0.200. The van der Waals surface area contributed by atoms with Crippen LogP contribution in [0.3, 0.4) is 0 Å². The van der Waals surface area contributed by atoms with Crippen LogP contribution >= 0.6 is 0 Å². The van der Waals surface area contributed by atoms with Crippen molar-refractivity contribution in [1.82, 2.24) is 0 Å². The second-order valence-electron chi connectivity index (χ2n) is 1.90. The molecule has 0 radical (unpaired) electrons. The van der Waals surface area contributed by atoms with Crippen molar-refractivity contribution in [1.29, 1.82) is 0 Å². The summed E-state index contributed by atoms with van der Waals surface area (Å²) in [5, 5.41) is 24.4. The lowest BCUT2D eigenvalue weighted by molar-refractivity contribution is -0.135. The number of carboxylic acids is 1. The lowest BCUT2D eigenvalue weighted by Gasteiger charge is -2.00. The third kappa shape index (κ3) is 4.48. The van der Waals surface area contributed by atoms with Gasteiger partial charge in [-0.3, -0.25) is 0 Å². The molecule has 0 aromatic rings. The van der Waals surface area contributed by atoms with E-state index in [-0.39, 0.29) is 5.57 Å². The first-order valence-electron chi connectivity index (χ1n) is 2.92. The van der Waals surface area contributed by atoms with Crippen molar-refractivity contribution >= 4 is 19.3 Å². The van der Waals surface area contributed by atoms with Gasteiger partial charge in [0.05, 0.1) is 0 Å². The molecule has 0 saturated heterocycles. The quantitative estimate of drug-likeness (QED) is 0.356. The molecule has 0 rings (SSSR count). The van der Waals surface area contributed by atoms with E-state index in [0.29, 0.717) is 6.08 Å². The summed E-state index contributed by atoms with van der Waals surface area (Å²) in [5.74, 6) is -2.40. The molecule has 0 aliphatic heterocycles. The summed E-state index contributed by atoms with van der Waals surface area (Å²) in [7, 11) is -2.23. The van der Waals surface area contributed by atoms with E-state index in [9.17, 15) is 9.59 Å². The lowest BCUT2D eigenvalue weighted by atomic mass is 10.2. The van der Waals surface area contributed by atoms with E-state index < -0.39 is 19.3 Å². The van der Waals surface area contributed by atoms with E-state index in [1.54, 1.807) is 0 Å². The Hall–Kier alpha value is -1.34. The van der Waals surface area contributed by atoms with Crippen molar-refractivity contribution < 1.29 is 29.4 Å². The Morgan fingerprint density at radius 3 is 2.25 bits per heavy atom. The normalized spacial score (nSPS) is 10.8. The van der Waals surface area contributed by atoms with E-state index >= 15 is 0 Å². The standard InChI is InChI=1S/C5H7BO6/c1-3(2-4(7)8)5(9)12-6(10)11/h2,10-11H,1H3,(H,7,8)/b3-2-. The Balaban J connectivity index is 4.20. The van der Waals surface area contributed by atoms with Gasteiger partial charge >= 0.3 is 19.3 Å². The first-order valence-corrected chi connectivity index (χ1v) is 2.92. The van der Waals surface area contributed by atoms with E-state index in [1.165, 1.54) is 6.92 Å². The average molecular weight is 174 g/mol. The third-order valence-corrected chi connectivity index (χ3v) is 0.874. The molecule has 7 heteroatoms. The van der Waals surface area contributed by atoms with Crippen LogP contribution in [0.25, 0.3) is 0 Å². The van der Waals surface area contributed by atoms with Crippen molar-refractivity contribution in [3.63, 3.8) is 0 Å². The number of aliphatic carboxylic acids is 1. The summed E-state index contributed by atoms with van der Waals surface area (Å²) >= 11 is 0. The highest BCUT2D eigenvalue weighted by atomic mass is 16.6. The summed E-state index contributed by atoms with van der Waals surface area (Å²) in [6.07, 6.45) is 0.602. The molecule has 12 heavy (non-hydrogen) atoms. The summed E-state index contributed by atoms with van der Waals surface area (Å²) in [6.45, 7) is 1.18. The van der Waals surface area contributed by atoms with Gasteiger partial charge in [-0.05, 0) is 6.92 Å². The maximum atomic E-state index is 10.6. The van der Waals surface area contributed by atoms with Gasteiger partial charge in [0.1, 0.15) is 0 Å². The molecule has 0 unspecified atom stereocenters. The second kappa shape index (κ2) is 4.52. The molecule has 0 aliphatic carbocycles. The molecule has 0 fully saturated rings. The van der Waals surface area contributed by atoms with E-state index in [4.69, 9.17) is 15.2 Å². The van der Waals surface area contributed by atoms with Gasteiger partial charge in [0.15, 0.2) is 0 Å². The van der Waals surface area contributed by atoms with Gasteiger partial charge in [-0.15, -0.1) is 0 Å². The van der Waals surface area contributed by atoms with E-state index in [1.807, 2.05) is 0 Å². The molecule has 0 bridgehead atoms. The first kappa shape index (κ1) is 10.7. The minimum atomic E-state index is -2.23. The Labute approximate surface area is 68.3 Å². The van der Waals surface area contributed by atoms with Gasteiger partial charge < -0.3 is 19.8 Å². The van der Waals surface area contributed by atoms with Crippen LogP contribution < -0.4 is 0 Å². The smallest absolute Gasteiger partial charge is 0.482 e. The highest BCUT2D eigenvalue weighted by Gasteiger charge is 2.17. The maximum Gasteiger partial charge on any atom is 0.709 e. The van der Waals surface area contributed by atoms with Crippen LogP contribution in [0.5, 0.6) is 0 Å². The van der Waals surface area contributed by atoms with Crippen molar-refractivity contribution in [3.05, 3.63) is 11.6 Å². The van der Waals surface area contributed by atoms with Crippen LogP contribution in [0.1, 0.15) is 6.92 Å². The van der Waals surface area contributed by atoms with Gasteiger partial charge in [0.25, 0.3) is 0 Å². The molecule has 0 aliphatic rings. The molecular weight excluding hydrogens is 167 g/mol. The highest BCUT2D eigenvalue weighted by molar-refractivity contribution is 6.36. The molecule has 6 nitrogen and oxygen atoms in total. The fourth-order valence-corrected chi connectivity index (χ4v) is 0.433. The number of hydrogen-bond acceptors (Lipinski definition) is 5. The van der Waals surface area contributed by atoms with Crippen LogP contribution in [0.4, 0.5) is 0 Å². The Kier molecular flexibility index (Phi) is 4.02. The van der Waals surface area contributed by atoms with Crippen LogP contribution in [-0.4, -0.2) is 34.4 Å². The minimum Gasteiger partial charge on any atom is -0.482 e. The second-order valence-corrected chi connectivity index (χ2v) is 1.90. The maximum absolute atomic E-state index is 10.6. The zero-order chi connectivity index (χ0) is 9.72. The van der Waals surface area contributed by atoms with Crippen molar-refractivity contribution in [2.24, 2.45) is 0 Å². The first-order chi connectivity index (χ1) is 5.43. The van der Waals surface area contributed by atoms with E-state index in [0.717, 1.165) is 0 Å². The third-order valence-electron chi connectivity index (χ3n) is 0.874. The molecule has 0 aromatic carbocycles. The van der Waals surface area contributed by atoms with Crippen LogP contribution in [0.15, 0.2) is 11.6 Å². The number of hydrogen-bond donors (Lipinski definition) is 3. The highest BCUT2D eigenvalue weighted by Crippen LogP contribution is 1.96. The predicted molar refractivity (Wildman–Crippen MR) is 37.7 cm³/mol. The molecular formula is C5H7BO6. The lowest BCUT2D eigenvalue weighted by Crippen LogP contribution is -2.22. The van der Waals surface area contributed by atoms with Gasteiger partial charge in [-0.1, -0.05) is 0 Å². The predicted octanol–water partition coefficient (Wildman–Crippen LogP) is -1.47. The Morgan fingerprint density at radius 1 is 1.42 bits per heavy atom. The largest absolute Gasteiger partial charge is 0.709 e. The number of carbonyl (C=O) groups excluding carboxylic acids is 1. The van der Waals surface area contributed by atoms with Crippen LogP contribution in [-0.2, 0) is 14.2 Å². The summed E-state index contributed by atoms with van der Waals surface area (Å²) in [4.78, 5) is 20.6. The van der Waals surface area contributed by atoms with Crippen LogP contribution in [0.2, 0.25) is 0 Å².